The topological polar surface area (TPSA) is 98.3 Å². The van der Waals surface area contributed by atoms with Crippen LogP contribution < -0.4 is 15.4 Å². The Bertz CT molecular complexity index is 972. The van der Waals surface area contributed by atoms with Crippen LogP contribution in [0, 0.1) is 11.3 Å². The molecule has 4 heterocycles. The molecule has 2 aromatic heterocycles. The van der Waals surface area contributed by atoms with Crippen molar-refractivity contribution in [2.45, 2.75) is 31.4 Å². The third-order valence-electron chi connectivity index (χ3n) is 5.33. The number of halogens is 1. The number of hydrogen-bond acceptors (Lipinski definition) is 7. The molecule has 0 aromatic carbocycles. The monoisotopic (exact) mass is 400 g/mol. The molecule has 9 heteroatoms. The third kappa shape index (κ3) is 3.68. The lowest BCUT2D eigenvalue weighted by Gasteiger charge is -2.34. The number of β-amino-alcohol motifs (C(OH)–C–C–N with tert-alkyl or cyclic N) is 1. The van der Waals surface area contributed by atoms with E-state index < -0.39 is 0 Å². The number of aliphatic hydroxyl groups excluding tert-OH is 1. The van der Waals surface area contributed by atoms with E-state index in [4.69, 9.17) is 16.9 Å². The molecule has 2 fully saturated rings. The molecule has 2 aromatic rings. The SMILES string of the molecule is N#Cc1cnc(N2CCCC(n3ncc(N4CC[C@H](O)C4)cc3=O)C2)c(Cl)c1. The number of nitrogens with zero attached hydrogens (tertiary/aromatic N) is 6. The number of anilines is 2. The van der Waals surface area contributed by atoms with Crippen LogP contribution in [0.5, 0.6) is 0 Å². The Balaban J connectivity index is 1.53. The van der Waals surface area contributed by atoms with Crippen molar-refractivity contribution in [3.8, 4) is 6.07 Å². The smallest absolute Gasteiger partial charge is 0.269 e. The molecular weight excluding hydrogens is 380 g/mol. The first-order valence-electron chi connectivity index (χ1n) is 9.37. The van der Waals surface area contributed by atoms with Crippen molar-refractivity contribution in [1.82, 2.24) is 14.8 Å². The van der Waals surface area contributed by atoms with Gasteiger partial charge in [0.25, 0.3) is 5.56 Å². The van der Waals surface area contributed by atoms with Crippen molar-refractivity contribution < 1.29 is 5.11 Å². The van der Waals surface area contributed by atoms with Crippen LogP contribution in [0.1, 0.15) is 30.9 Å². The minimum atomic E-state index is -0.348. The summed E-state index contributed by atoms with van der Waals surface area (Å²) in [4.78, 5) is 21.0. The molecule has 0 aliphatic carbocycles. The predicted molar refractivity (Wildman–Crippen MR) is 106 cm³/mol. The Hall–Kier alpha value is -2.63. The lowest BCUT2D eigenvalue weighted by Crippen LogP contribution is -2.41. The number of piperidine rings is 1. The second-order valence-electron chi connectivity index (χ2n) is 7.27. The highest BCUT2D eigenvalue weighted by Crippen LogP contribution is 2.29. The van der Waals surface area contributed by atoms with Crippen molar-refractivity contribution in [3.63, 3.8) is 0 Å². The highest BCUT2D eigenvalue weighted by molar-refractivity contribution is 6.33. The predicted octanol–water partition coefficient (Wildman–Crippen LogP) is 1.58. The Morgan fingerprint density at radius 1 is 1.18 bits per heavy atom. The fourth-order valence-corrected chi connectivity index (χ4v) is 4.19. The number of hydrogen-bond donors (Lipinski definition) is 1. The van der Waals surface area contributed by atoms with Crippen LogP contribution in [-0.4, -0.2) is 52.2 Å². The molecule has 2 aliphatic rings. The van der Waals surface area contributed by atoms with Gasteiger partial charge in [-0.25, -0.2) is 9.67 Å². The van der Waals surface area contributed by atoms with Crippen LogP contribution in [0.4, 0.5) is 11.5 Å². The maximum atomic E-state index is 12.7. The average Bonchev–Trinajstić information content (AvgIpc) is 3.14. The summed E-state index contributed by atoms with van der Waals surface area (Å²) in [6.45, 7) is 2.62. The highest BCUT2D eigenvalue weighted by Gasteiger charge is 2.26. The second-order valence-corrected chi connectivity index (χ2v) is 7.68. The number of nitriles is 1. The molecule has 2 atom stereocenters. The molecule has 28 heavy (non-hydrogen) atoms. The van der Waals surface area contributed by atoms with Crippen LogP contribution >= 0.6 is 11.6 Å². The van der Waals surface area contributed by atoms with Gasteiger partial charge < -0.3 is 14.9 Å². The first-order valence-corrected chi connectivity index (χ1v) is 9.75. The fourth-order valence-electron chi connectivity index (χ4n) is 3.90. The van der Waals surface area contributed by atoms with Crippen LogP contribution in [0.25, 0.3) is 0 Å². The molecule has 2 saturated heterocycles. The van der Waals surface area contributed by atoms with Crippen molar-refractivity contribution in [1.29, 1.82) is 5.26 Å². The van der Waals surface area contributed by atoms with Gasteiger partial charge in [0.2, 0.25) is 0 Å². The van der Waals surface area contributed by atoms with Crippen molar-refractivity contribution in [2.75, 3.05) is 36.0 Å². The summed E-state index contributed by atoms with van der Waals surface area (Å²) in [6, 6.07) is 5.16. The average molecular weight is 401 g/mol. The number of rotatable bonds is 3. The molecule has 0 radical (unpaired) electrons. The standard InChI is InChI=1S/C19H21ClN6O2/c20-17-6-13(8-21)9-22-19(17)25-4-1-2-14(11-25)26-18(28)7-15(10-23-26)24-5-3-16(27)12-24/h6-7,9-10,14,16,27H,1-5,11-12H2/t14?,16-/m0/s1. The fraction of sp³-hybridized carbons (Fsp3) is 0.474. The lowest BCUT2D eigenvalue weighted by molar-refractivity contribution is 0.198. The quantitative estimate of drug-likeness (QED) is 0.834. The van der Waals surface area contributed by atoms with Crippen molar-refractivity contribution in [2.24, 2.45) is 0 Å². The molecule has 0 spiro atoms. The van der Waals surface area contributed by atoms with E-state index in [1.807, 2.05) is 15.9 Å². The van der Waals surface area contributed by atoms with E-state index in [0.717, 1.165) is 31.6 Å². The Morgan fingerprint density at radius 2 is 2.04 bits per heavy atom. The van der Waals surface area contributed by atoms with Gasteiger partial charge in [0.05, 0.1) is 34.6 Å². The zero-order chi connectivity index (χ0) is 19.7. The van der Waals surface area contributed by atoms with Crippen LogP contribution in [0.15, 0.2) is 29.3 Å². The first-order chi connectivity index (χ1) is 13.5. The van der Waals surface area contributed by atoms with E-state index in [1.54, 1.807) is 18.3 Å². The van der Waals surface area contributed by atoms with Gasteiger partial charge in [-0.2, -0.15) is 10.4 Å². The summed E-state index contributed by atoms with van der Waals surface area (Å²) < 4.78 is 1.53. The van der Waals surface area contributed by atoms with Crippen molar-refractivity contribution in [3.05, 3.63) is 45.5 Å². The number of aliphatic hydroxyl groups is 1. The van der Waals surface area contributed by atoms with Gasteiger partial charge in [-0.3, -0.25) is 4.79 Å². The molecule has 0 bridgehead atoms. The van der Waals surface area contributed by atoms with E-state index in [-0.39, 0.29) is 17.7 Å². The van der Waals surface area contributed by atoms with Crippen molar-refractivity contribution >= 4 is 23.1 Å². The molecule has 2 aliphatic heterocycles. The summed E-state index contributed by atoms with van der Waals surface area (Å²) in [7, 11) is 0. The van der Waals surface area contributed by atoms with Crippen LogP contribution in [-0.2, 0) is 0 Å². The summed E-state index contributed by atoms with van der Waals surface area (Å²) >= 11 is 6.31. The normalized spacial score (nSPS) is 22.3. The zero-order valence-corrected chi connectivity index (χ0v) is 16.1. The Labute approximate surface area is 167 Å². The Morgan fingerprint density at radius 3 is 2.71 bits per heavy atom. The van der Waals surface area contributed by atoms with Gasteiger partial charge in [0.1, 0.15) is 11.9 Å². The van der Waals surface area contributed by atoms with Gasteiger partial charge in [-0.15, -0.1) is 0 Å². The maximum absolute atomic E-state index is 12.7. The van der Waals surface area contributed by atoms with E-state index in [1.165, 1.54) is 10.9 Å². The molecule has 4 rings (SSSR count). The maximum Gasteiger partial charge on any atom is 0.269 e. The molecule has 146 valence electrons. The molecule has 1 N–H and O–H groups in total. The van der Waals surface area contributed by atoms with E-state index in [9.17, 15) is 9.90 Å². The van der Waals surface area contributed by atoms with Gasteiger partial charge in [0, 0.05) is 38.4 Å². The molecule has 1 unspecified atom stereocenters. The van der Waals surface area contributed by atoms with Gasteiger partial charge in [0.15, 0.2) is 0 Å². The largest absolute Gasteiger partial charge is 0.391 e. The minimum absolute atomic E-state index is 0.0759. The zero-order valence-electron chi connectivity index (χ0n) is 15.3. The van der Waals surface area contributed by atoms with E-state index in [0.29, 0.717) is 35.9 Å². The molecule has 0 saturated carbocycles. The third-order valence-corrected chi connectivity index (χ3v) is 5.61. The minimum Gasteiger partial charge on any atom is -0.391 e. The molecular formula is C19H21ClN6O2. The number of aromatic nitrogens is 3. The van der Waals surface area contributed by atoms with E-state index in [2.05, 4.69) is 10.1 Å². The van der Waals surface area contributed by atoms with E-state index >= 15 is 0 Å². The number of pyridine rings is 1. The van der Waals surface area contributed by atoms with Gasteiger partial charge in [-0.05, 0) is 25.3 Å². The highest BCUT2D eigenvalue weighted by atomic mass is 35.5. The van der Waals surface area contributed by atoms with Crippen LogP contribution in [0.3, 0.4) is 0 Å². The summed E-state index contributed by atoms with van der Waals surface area (Å²) in [5.74, 6) is 0.626. The molecule has 0 amide bonds. The summed E-state index contributed by atoms with van der Waals surface area (Å²) in [6.07, 6.45) is 5.30. The summed E-state index contributed by atoms with van der Waals surface area (Å²) in [5, 5.41) is 23.5. The lowest BCUT2D eigenvalue weighted by atomic mass is 10.1. The molecule has 8 nitrogen and oxygen atoms in total. The second kappa shape index (κ2) is 7.78. The van der Waals surface area contributed by atoms with Gasteiger partial charge >= 0.3 is 0 Å². The first kappa shape index (κ1) is 18.7. The summed E-state index contributed by atoms with van der Waals surface area (Å²) in [5.41, 5.74) is 1.02. The van der Waals surface area contributed by atoms with Gasteiger partial charge in [-0.1, -0.05) is 11.6 Å². The van der Waals surface area contributed by atoms with Crippen LogP contribution in [0.2, 0.25) is 5.02 Å². The Kier molecular flexibility index (Phi) is 5.20.